The predicted molar refractivity (Wildman–Crippen MR) is 59.2 cm³/mol. The lowest BCUT2D eigenvalue weighted by Gasteiger charge is -2.14. The molecule has 0 radical (unpaired) electrons. The fourth-order valence-electron chi connectivity index (χ4n) is 2.00. The number of nitrogens with two attached hydrogens (primary N) is 1. The number of amides is 1. The first-order valence-corrected chi connectivity index (χ1v) is 5.77. The maximum absolute atomic E-state index is 11.7. The topological polar surface area (TPSA) is 75.3 Å². The first-order valence-electron chi connectivity index (χ1n) is 5.77. The summed E-state index contributed by atoms with van der Waals surface area (Å²) in [5.74, 6) is 0.586. The van der Waals surface area contributed by atoms with Gasteiger partial charge in [0.1, 0.15) is 0 Å². The summed E-state index contributed by atoms with van der Waals surface area (Å²) in [6.07, 6.45) is 3.44. The summed E-state index contributed by atoms with van der Waals surface area (Å²) in [6, 6.07) is 0.204. The van der Waals surface area contributed by atoms with Crippen LogP contribution in [-0.2, 0) is 4.79 Å². The third-order valence-electron chi connectivity index (χ3n) is 3.09. The molecular formula is C11H22N2O2. The van der Waals surface area contributed by atoms with Crippen molar-refractivity contribution in [1.82, 2.24) is 5.32 Å². The lowest BCUT2D eigenvalue weighted by atomic mass is 10.1. The van der Waals surface area contributed by atoms with Gasteiger partial charge >= 0.3 is 0 Å². The second-order valence-electron chi connectivity index (χ2n) is 4.63. The van der Waals surface area contributed by atoms with E-state index in [2.05, 4.69) is 5.32 Å². The van der Waals surface area contributed by atoms with Crippen molar-refractivity contribution in [3.05, 3.63) is 0 Å². The molecule has 0 aromatic rings. The number of aliphatic hydroxyl groups is 1. The van der Waals surface area contributed by atoms with Gasteiger partial charge in [0.15, 0.2) is 0 Å². The molecule has 0 spiro atoms. The zero-order valence-electron chi connectivity index (χ0n) is 9.41. The molecule has 1 amide bonds. The molecule has 4 heteroatoms. The second-order valence-corrected chi connectivity index (χ2v) is 4.63. The van der Waals surface area contributed by atoms with Crippen LogP contribution in [0.4, 0.5) is 0 Å². The van der Waals surface area contributed by atoms with E-state index in [1.807, 2.05) is 6.92 Å². The van der Waals surface area contributed by atoms with Crippen LogP contribution in [0.3, 0.4) is 0 Å². The van der Waals surface area contributed by atoms with Crippen molar-refractivity contribution in [1.29, 1.82) is 0 Å². The summed E-state index contributed by atoms with van der Waals surface area (Å²) in [5.41, 5.74) is 5.75. The van der Waals surface area contributed by atoms with Crippen molar-refractivity contribution < 1.29 is 9.90 Å². The van der Waals surface area contributed by atoms with Gasteiger partial charge in [-0.15, -0.1) is 0 Å². The summed E-state index contributed by atoms with van der Waals surface area (Å²) < 4.78 is 0. The molecule has 0 aromatic carbocycles. The van der Waals surface area contributed by atoms with Crippen LogP contribution in [0.15, 0.2) is 0 Å². The number of carbonyl (C=O) groups excluding carboxylic acids is 1. The van der Waals surface area contributed by atoms with Gasteiger partial charge in [-0.1, -0.05) is 6.92 Å². The number of rotatable bonds is 5. The highest BCUT2D eigenvalue weighted by Gasteiger charge is 2.27. The molecule has 4 N–H and O–H groups in total. The van der Waals surface area contributed by atoms with Crippen molar-refractivity contribution in [3.8, 4) is 0 Å². The van der Waals surface area contributed by atoms with Crippen LogP contribution in [-0.4, -0.2) is 30.2 Å². The average Bonchev–Trinajstić information content (AvgIpc) is 2.62. The van der Waals surface area contributed by atoms with Gasteiger partial charge in [0.25, 0.3) is 0 Å². The minimum absolute atomic E-state index is 0.112. The molecule has 0 bridgehead atoms. The van der Waals surface area contributed by atoms with E-state index in [-0.39, 0.29) is 24.5 Å². The van der Waals surface area contributed by atoms with Gasteiger partial charge in [-0.3, -0.25) is 4.79 Å². The molecule has 3 unspecified atom stereocenters. The van der Waals surface area contributed by atoms with Crippen molar-refractivity contribution in [2.45, 2.75) is 38.6 Å². The normalized spacial score (nSPS) is 27.7. The summed E-state index contributed by atoms with van der Waals surface area (Å²) >= 11 is 0. The van der Waals surface area contributed by atoms with E-state index in [0.717, 1.165) is 25.7 Å². The zero-order valence-corrected chi connectivity index (χ0v) is 9.41. The Kier molecular flexibility index (Phi) is 5.05. The Bertz CT molecular complexity index is 209. The Labute approximate surface area is 91.2 Å². The van der Waals surface area contributed by atoms with Gasteiger partial charge in [0.05, 0.1) is 0 Å². The molecular weight excluding hydrogens is 192 g/mol. The van der Waals surface area contributed by atoms with Gasteiger partial charge in [-0.2, -0.15) is 0 Å². The number of hydrogen-bond acceptors (Lipinski definition) is 3. The molecule has 1 aliphatic carbocycles. The molecule has 0 aliphatic heterocycles. The minimum atomic E-state index is 0.112. The van der Waals surface area contributed by atoms with Crippen LogP contribution in [0.25, 0.3) is 0 Å². The molecule has 1 aliphatic rings. The third-order valence-corrected chi connectivity index (χ3v) is 3.09. The Balaban J connectivity index is 2.18. The minimum Gasteiger partial charge on any atom is -0.396 e. The van der Waals surface area contributed by atoms with E-state index >= 15 is 0 Å². The van der Waals surface area contributed by atoms with Crippen LogP contribution in [0, 0.1) is 11.8 Å². The molecule has 0 saturated heterocycles. The van der Waals surface area contributed by atoms with Crippen LogP contribution in [0.5, 0.6) is 0 Å². The molecule has 3 atom stereocenters. The van der Waals surface area contributed by atoms with Gasteiger partial charge in [0.2, 0.25) is 5.91 Å². The van der Waals surface area contributed by atoms with Crippen LogP contribution in [0.2, 0.25) is 0 Å². The fraction of sp³-hybridized carbons (Fsp3) is 0.909. The second kappa shape index (κ2) is 6.08. The lowest BCUT2D eigenvalue weighted by molar-refractivity contribution is -0.125. The molecule has 1 rings (SSSR count). The third kappa shape index (κ3) is 4.18. The van der Waals surface area contributed by atoms with E-state index in [1.165, 1.54) is 0 Å². The van der Waals surface area contributed by atoms with Crippen LogP contribution >= 0.6 is 0 Å². The Morgan fingerprint density at radius 1 is 1.60 bits per heavy atom. The van der Waals surface area contributed by atoms with Crippen molar-refractivity contribution in [3.63, 3.8) is 0 Å². The quantitative estimate of drug-likeness (QED) is 0.614. The van der Waals surface area contributed by atoms with Crippen LogP contribution in [0.1, 0.15) is 32.6 Å². The molecule has 15 heavy (non-hydrogen) atoms. The molecule has 1 fully saturated rings. The zero-order chi connectivity index (χ0) is 11.3. The first kappa shape index (κ1) is 12.5. The van der Waals surface area contributed by atoms with Gasteiger partial charge in [-0.25, -0.2) is 0 Å². The fourth-order valence-corrected chi connectivity index (χ4v) is 2.00. The van der Waals surface area contributed by atoms with Gasteiger partial charge in [-0.05, 0) is 31.6 Å². The molecule has 88 valence electrons. The van der Waals surface area contributed by atoms with Crippen molar-refractivity contribution in [2.75, 3.05) is 13.2 Å². The summed E-state index contributed by atoms with van der Waals surface area (Å²) in [6.45, 7) is 2.87. The summed E-state index contributed by atoms with van der Waals surface area (Å²) in [7, 11) is 0. The lowest BCUT2D eigenvalue weighted by Crippen LogP contribution is -2.33. The molecule has 1 saturated carbocycles. The predicted octanol–water partition coefficient (Wildman–Crippen LogP) is 0.248. The maximum atomic E-state index is 11.7. The average molecular weight is 214 g/mol. The molecule has 4 nitrogen and oxygen atoms in total. The van der Waals surface area contributed by atoms with E-state index in [1.54, 1.807) is 0 Å². The molecule has 0 heterocycles. The summed E-state index contributed by atoms with van der Waals surface area (Å²) in [5, 5.41) is 11.6. The SMILES string of the molecule is CC(CCO)CNC(=O)C1CCC(N)C1. The van der Waals surface area contributed by atoms with E-state index < -0.39 is 0 Å². The Hall–Kier alpha value is -0.610. The Morgan fingerprint density at radius 2 is 2.33 bits per heavy atom. The largest absolute Gasteiger partial charge is 0.396 e. The maximum Gasteiger partial charge on any atom is 0.223 e. The van der Waals surface area contributed by atoms with Crippen molar-refractivity contribution in [2.24, 2.45) is 17.6 Å². The van der Waals surface area contributed by atoms with E-state index in [9.17, 15) is 4.79 Å². The highest BCUT2D eigenvalue weighted by Crippen LogP contribution is 2.24. The number of aliphatic hydroxyl groups excluding tert-OH is 1. The monoisotopic (exact) mass is 214 g/mol. The molecule has 0 aromatic heterocycles. The van der Waals surface area contributed by atoms with Gasteiger partial charge in [0, 0.05) is 25.1 Å². The number of nitrogens with one attached hydrogen (secondary N) is 1. The number of hydrogen-bond donors (Lipinski definition) is 3. The van der Waals surface area contributed by atoms with Crippen LogP contribution < -0.4 is 11.1 Å². The van der Waals surface area contributed by atoms with Gasteiger partial charge < -0.3 is 16.2 Å². The standard InChI is InChI=1S/C11H22N2O2/c1-8(4-5-14)7-13-11(15)9-2-3-10(12)6-9/h8-10,14H,2-7,12H2,1H3,(H,13,15). The van der Waals surface area contributed by atoms with Crippen molar-refractivity contribution >= 4 is 5.91 Å². The van der Waals surface area contributed by atoms with E-state index in [0.29, 0.717) is 12.5 Å². The Morgan fingerprint density at radius 3 is 2.87 bits per heavy atom. The summed E-state index contributed by atoms with van der Waals surface area (Å²) in [4.78, 5) is 11.7. The smallest absolute Gasteiger partial charge is 0.223 e. The first-order chi connectivity index (χ1) is 7.13. The number of carbonyl (C=O) groups is 1. The van der Waals surface area contributed by atoms with E-state index in [4.69, 9.17) is 10.8 Å². The highest BCUT2D eigenvalue weighted by molar-refractivity contribution is 5.78. The highest BCUT2D eigenvalue weighted by atomic mass is 16.3.